The van der Waals surface area contributed by atoms with Gasteiger partial charge in [-0.15, -0.1) is 0 Å². The van der Waals surface area contributed by atoms with Gasteiger partial charge in [-0.05, 0) is 12.1 Å². The second-order valence-electron chi connectivity index (χ2n) is 4.34. The third-order valence-corrected chi connectivity index (χ3v) is 3.00. The molecule has 1 aliphatic heterocycles. The molecule has 1 amide bonds. The Morgan fingerprint density at radius 1 is 1.40 bits per heavy atom. The summed E-state index contributed by atoms with van der Waals surface area (Å²) >= 11 is 0. The van der Waals surface area contributed by atoms with Crippen LogP contribution in [0.3, 0.4) is 0 Å². The van der Waals surface area contributed by atoms with Gasteiger partial charge in [0.05, 0.1) is 5.69 Å². The van der Waals surface area contributed by atoms with E-state index >= 15 is 0 Å². The van der Waals surface area contributed by atoms with E-state index in [-0.39, 0.29) is 17.2 Å². The minimum absolute atomic E-state index is 0.0323. The zero-order chi connectivity index (χ0) is 14.4. The van der Waals surface area contributed by atoms with Gasteiger partial charge in [0.25, 0.3) is 5.91 Å². The summed E-state index contributed by atoms with van der Waals surface area (Å²) in [6, 6.07) is 7.94. The standard InChI is InChI=1S/C14H15FN4O/c15-12-3-1-2-4-13(12)18-10-11(9-16)14(20)19-7-5-17-6-8-19/h1-4,10,17-18H,5-8H2/b11-10-. The molecule has 1 saturated heterocycles. The molecule has 2 rings (SSSR count). The summed E-state index contributed by atoms with van der Waals surface area (Å²) < 4.78 is 13.4. The maximum Gasteiger partial charge on any atom is 0.266 e. The van der Waals surface area contributed by atoms with E-state index in [1.165, 1.54) is 18.3 Å². The number of para-hydroxylation sites is 1. The van der Waals surface area contributed by atoms with Crippen molar-refractivity contribution in [2.24, 2.45) is 0 Å². The topological polar surface area (TPSA) is 68.2 Å². The summed E-state index contributed by atoms with van der Waals surface area (Å²) in [5, 5.41) is 14.9. The lowest BCUT2D eigenvalue weighted by Crippen LogP contribution is -2.46. The van der Waals surface area contributed by atoms with Crippen molar-refractivity contribution in [2.45, 2.75) is 0 Å². The van der Waals surface area contributed by atoms with Gasteiger partial charge in [0, 0.05) is 32.4 Å². The van der Waals surface area contributed by atoms with E-state index in [1.54, 1.807) is 17.0 Å². The lowest BCUT2D eigenvalue weighted by atomic mass is 10.2. The zero-order valence-electron chi connectivity index (χ0n) is 10.9. The van der Waals surface area contributed by atoms with Gasteiger partial charge in [-0.25, -0.2) is 4.39 Å². The molecule has 0 saturated carbocycles. The highest BCUT2D eigenvalue weighted by Gasteiger charge is 2.19. The SMILES string of the molecule is N#C/C(=C/Nc1ccccc1F)C(=O)N1CCNCC1. The molecule has 1 aromatic rings. The van der Waals surface area contributed by atoms with Gasteiger partial charge in [0.1, 0.15) is 17.5 Å². The highest BCUT2D eigenvalue weighted by Crippen LogP contribution is 2.13. The number of nitrogens with one attached hydrogen (secondary N) is 2. The van der Waals surface area contributed by atoms with Gasteiger partial charge in [-0.1, -0.05) is 12.1 Å². The maximum absolute atomic E-state index is 13.4. The quantitative estimate of drug-likeness (QED) is 0.639. The molecule has 0 radical (unpaired) electrons. The van der Waals surface area contributed by atoms with Gasteiger partial charge >= 0.3 is 0 Å². The number of rotatable bonds is 3. The molecular formula is C14H15FN4O. The molecule has 0 aromatic heterocycles. The largest absolute Gasteiger partial charge is 0.358 e. The van der Waals surface area contributed by atoms with Crippen LogP contribution in [0.15, 0.2) is 36.0 Å². The van der Waals surface area contributed by atoms with Crippen LogP contribution in [-0.4, -0.2) is 37.0 Å². The Labute approximate surface area is 116 Å². The predicted octanol–water partition coefficient (Wildman–Crippen LogP) is 1.08. The highest BCUT2D eigenvalue weighted by molar-refractivity contribution is 5.97. The van der Waals surface area contributed by atoms with Gasteiger partial charge in [0.15, 0.2) is 0 Å². The lowest BCUT2D eigenvalue weighted by molar-refractivity contribution is -0.127. The highest BCUT2D eigenvalue weighted by atomic mass is 19.1. The fraction of sp³-hybridized carbons (Fsp3) is 0.286. The van der Waals surface area contributed by atoms with Gasteiger partial charge in [-0.3, -0.25) is 4.79 Å². The third-order valence-electron chi connectivity index (χ3n) is 3.00. The number of piperazine rings is 1. The number of anilines is 1. The van der Waals surface area contributed by atoms with E-state index in [2.05, 4.69) is 10.6 Å². The number of nitrogens with zero attached hydrogens (tertiary/aromatic N) is 2. The van der Waals surface area contributed by atoms with E-state index in [1.807, 2.05) is 6.07 Å². The summed E-state index contributed by atoms with van der Waals surface area (Å²) in [7, 11) is 0. The van der Waals surface area contributed by atoms with Gasteiger partial charge < -0.3 is 15.5 Å². The summed E-state index contributed by atoms with van der Waals surface area (Å²) in [6.45, 7) is 2.56. The molecule has 0 aliphatic carbocycles. The predicted molar refractivity (Wildman–Crippen MR) is 73.2 cm³/mol. The summed E-state index contributed by atoms with van der Waals surface area (Å²) in [5.41, 5.74) is 0.198. The number of carbonyl (C=O) groups excluding carboxylic acids is 1. The fourth-order valence-electron chi connectivity index (χ4n) is 1.91. The van der Waals surface area contributed by atoms with E-state index in [0.717, 1.165) is 0 Å². The average Bonchev–Trinajstić information content (AvgIpc) is 2.50. The van der Waals surface area contributed by atoms with E-state index < -0.39 is 5.82 Å². The van der Waals surface area contributed by atoms with Crippen LogP contribution in [-0.2, 0) is 4.79 Å². The van der Waals surface area contributed by atoms with Crippen molar-refractivity contribution >= 4 is 11.6 Å². The van der Waals surface area contributed by atoms with Crippen LogP contribution >= 0.6 is 0 Å². The van der Waals surface area contributed by atoms with Crippen molar-refractivity contribution in [2.75, 3.05) is 31.5 Å². The molecular weight excluding hydrogens is 259 g/mol. The number of hydrogen-bond donors (Lipinski definition) is 2. The lowest BCUT2D eigenvalue weighted by Gasteiger charge is -2.27. The molecule has 0 unspecified atom stereocenters. The van der Waals surface area contributed by atoms with Crippen molar-refractivity contribution in [3.8, 4) is 6.07 Å². The second-order valence-corrected chi connectivity index (χ2v) is 4.34. The number of hydrogen-bond acceptors (Lipinski definition) is 4. The van der Waals surface area contributed by atoms with Crippen LogP contribution in [0.2, 0.25) is 0 Å². The Kier molecular flexibility index (Phi) is 4.69. The molecule has 20 heavy (non-hydrogen) atoms. The van der Waals surface area contributed by atoms with Crippen LogP contribution in [0.25, 0.3) is 0 Å². The van der Waals surface area contributed by atoms with E-state index in [4.69, 9.17) is 5.26 Å². The number of amides is 1. The molecule has 1 aromatic carbocycles. The Bertz CT molecular complexity index is 559. The molecule has 1 heterocycles. The van der Waals surface area contributed by atoms with Crippen LogP contribution in [0, 0.1) is 17.1 Å². The first kappa shape index (κ1) is 14.0. The zero-order valence-corrected chi connectivity index (χ0v) is 10.9. The molecule has 1 aliphatic rings. The molecule has 0 bridgehead atoms. The summed E-state index contributed by atoms with van der Waals surface area (Å²) in [6.07, 6.45) is 1.25. The van der Waals surface area contributed by atoms with Crippen molar-refractivity contribution in [3.05, 3.63) is 41.9 Å². The molecule has 0 atom stereocenters. The second kappa shape index (κ2) is 6.68. The molecule has 104 valence electrons. The molecule has 5 nitrogen and oxygen atoms in total. The van der Waals surface area contributed by atoms with Crippen molar-refractivity contribution in [3.63, 3.8) is 0 Å². The molecule has 6 heteroatoms. The Balaban J connectivity index is 2.08. The van der Waals surface area contributed by atoms with Gasteiger partial charge in [0.2, 0.25) is 0 Å². The smallest absolute Gasteiger partial charge is 0.266 e. The van der Waals surface area contributed by atoms with Crippen molar-refractivity contribution < 1.29 is 9.18 Å². The minimum atomic E-state index is -0.435. The van der Waals surface area contributed by atoms with Crippen LogP contribution < -0.4 is 10.6 Å². The van der Waals surface area contributed by atoms with Crippen molar-refractivity contribution in [1.29, 1.82) is 5.26 Å². The number of nitriles is 1. The van der Waals surface area contributed by atoms with Crippen LogP contribution in [0.5, 0.6) is 0 Å². The first-order chi connectivity index (χ1) is 9.72. The van der Waals surface area contributed by atoms with E-state index in [9.17, 15) is 9.18 Å². The van der Waals surface area contributed by atoms with Crippen LogP contribution in [0.1, 0.15) is 0 Å². The fourth-order valence-corrected chi connectivity index (χ4v) is 1.91. The number of halogens is 1. The number of benzene rings is 1. The molecule has 0 spiro atoms. The van der Waals surface area contributed by atoms with Gasteiger partial charge in [-0.2, -0.15) is 5.26 Å². The first-order valence-electron chi connectivity index (χ1n) is 6.33. The molecule has 1 fully saturated rings. The van der Waals surface area contributed by atoms with E-state index in [0.29, 0.717) is 26.2 Å². The van der Waals surface area contributed by atoms with Crippen LogP contribution in [0.4, 0.5) is 10.1 Å². The van der Waals surface area contributed by atoms with Crippen molar-refractivity contribution in [1.82, 2.24) is 10.2 Å². The monoisotopic (exact) mass is 274 g/mol. The normalized spacial score (nSPS) is 15.6. The first-order valence-corrected chi connectivity index (χ1v) is 6.33. The third kappa shape index (κ3) is 3.33. The maximum atomic E-state index is 13.4. The molecule has 2 N–H and O–H groups in total. The summed E-state index contributed by atoms with van der Waals surface area (Å²) in [5.74, 6) is -0.770. The Morgan fingerprint density at radius 2 is 2.10 bits per heavy atom. The number of carbonyl (C=O) groups is 1. The Hall–Kier alpha value is -2.39. The summed E-state index contributed by atoms with van der Waals surface area (Å²) in [4.78, 5) is 13.7. The average molecular weight is 274 g/mol. The minimum Gasteiger partial charge on any atom is -0.358 e. The Morgan fingerprint density at radius 3 is 2.75 bits per heavy atom.